The average molecular weight is 498 g/mol. The minimum Gasteiger partial charge on any atom is -0.495 e. The van der Waals surface area contributed by atoms with Gasteiger partial charge in [0.1, 0.15) is 11.6 Å². The highest BCUT2D eigenvalue weighted by atomic mass is 32.2. The molecule has 35 heavy (non-hydrogen) atoms. The Labute approximate surface area is 205 Å². The number of anilines is 2. The summed E-state index contributed by atoms with van der Waals surface area (Å²) in [6, 6.07) is 15.6. The Morgan fingerprint density at radius 2 is 1.66 bits per heavy atom. The maximum atomic E-state index is 13.1. The lowest BCUT2D eigenvalue weighted by molar-refractivity contribution is -0.107. The van der Waals surface area contributed by atoms with Gasteiger partial charge in [0.05, 0.1) is 24.2 Å². The first-order valence-corrected chi connectivity index (χ1v) is 12.7. The number of ether oxygens (including phenoxy) is 1. The second-order valence-electron chi connectivity index (χ2n) is 8.58. The van der Waals surface area contributed by atoms with Crippen molar-refractivity contribution in [2.75, 3.05) is 36.9 Å². The molecule has 4 rings (SSSR count). The molecule has 1 N–H and O–H groups in total. The second-order valence-corrected chi connectivity index (χ2v) is 10.3. The third kappa shape index (κ3) is 5.80. The van der Waals surface area contributed by atoms with E-state index in [0.29, 0.717) is 23.5 Å². The molecule has 0 radical (unpaired) electrons. The first-order valence-electron chi connectivity index (χ1n) is 11.3. The van der Waals surface area contributed by atoms with Gasteiger partial charge in [-0.05, 0) is 85.1 Å². The van der Waals surface area contributed by atoms with E-state index in [-0.39, 0.29) is 17.3 Å². The van der Waals surface area contributed by atoms with E-state index in [1.807, 2.05) is 12.1 Å². The number of sulfonamides is 1. The summed E-state index contributed by atoms with van der Waals surface area (Å²) in [5, 5.41) is 0. The maximum absolute atomic E-state index is 13.1. The van der Waals surface area contributed by atoms with Gasteiger partial charge >= 0.3 is 0 Å². The Morgan fingerprint density at radius 3 is 2.26 bits per heavy atom. The van der Waals surface area contributed by atoms with Crippen LogP contribution in [0.25, 0.3) is 0 Å². The molecular formula is C26H28FN3O4S. The molecule has 0 bridgehead atoms. The quantitative estimate of drug-likeness (QED) is 0.479. The lowest BCUT2D eigenvalue weighted by Crippen LogP contribution is -2.20. The minimum absolute atomic E-state index is 0.0608. The standard InChI is InChI=1S/C26H28FN3O4S/c1-29-13-11-20-15-25(26(34-2)16-21(20)12-14-29)28-35(32,33)24-9-7-23(8-10-24)30(18-31)17-19-3-5-22(27)6-4-19/h3-10,15-16,18,28H,11-14,17H2,1-2H3. The molecule has 0 saturated heterocycles. The van der Waals surface area contributed by atoms with E-state index in [4.69, 9.17) is 4.74 Å². The van der Waals surface area contributed by atoms with Gasteiger partial charge in [-0.1, -0.05) is 12.1 Å². The Morgan fingerprint density at radius 1 is 1.03 bits per heavy atom. The number of nitrogens with zero attached hydrogens (tertiary/aromatic N) is 2. The van der Waals surface area contributed by atoms with Gasteiger partial charge in [0.2, 0.25) is 6.41 Å². The van der Waals surface area contributed by atoms with Crippen LogP contribution in [0.1, 0.15) is 16.7 Å². The molecule has 7 nitrogen and oxygen atoms in total. The number of methoxy groups -OCH3 is 1. The lowest BCUT2D eigenvalue weighted by Gasteiger charge is -2.19. The van der Waals surface area contributed by atoms with Crippen molar-refractivity contribution in [1.82, 2.24) is 4.90 Å². The van der Waals surface area contributed by atoms with Crippen molar-refractivity contribution in [3.63, 3.8) is 0 Å². The average Bonchev–Trinajstić information content (AvgIpc) is 3.04. The van der Waals surface area contributed by atoms with Gasteiger partial charge in [0.15, 0.2) is 0 Å². The number of hydrogen-bond donors (Lipinski definition) is 1. The number of benzene rings is 3. The summed E-state index contributed by atoms with van der Waals surface area (Å²) in [6.45, 7) is 2.07. The van der Waals surface area contributed by atoms with Gasteiger partial charge in [-0.2, -0.15) is 0 Å². The number of halogens is 1. The Hall–Kier alpha value is -3.43. The molecule has 0 atom stereocenters. The van der Waals surface area contributed by atoms with Crippen LogP contribution in [0.4, 0.5) is 15.8 Å². The van der Waals surface area contributed by atoms with Gasteiger partial charge in [0, 0.05) is 18.8 Å². The number of carbonyl (C=O) groups is 1. The summed E-state index contributed by atoms with van der Waals surface area (Å²) in [5.41, 5.74) is 3.93. The summed E-state index contributed by atoms with van der Waals surface area (Å²) in [5.74, 6) is 0.117. The molecule has 1 aliphatic heterocycles. The van der Waals surface area contributed by atoms with Gasteiger partial charge < -0.3 is 14.5 Å². The van der Waals surface area contributed by atoms with Crippen molar-refractivity contribution in [2.45, 2.75) is 24.3 Å². The van der Waals surface area contributed by atoms with Crippen molar-refractivity contribution < 1.29 is 22.3 Å². The van der Waals surface area contributed by atoms with E-state index in [1.165, 1.54) is 36.3 Å². The highest BCUT2D eigenvalue weighted by molar-refractivity contribution is 7.92. The third-order valence-electron chi connectivity index (χ3n) is 6.16. The third-order valence-corrected chi connectivity index (χ3v) is 7.55. The van der Waals surface area contributed by atoms with E-state index in [0.717, 1.165) is 42.6 Å². The predicted octanol–water partition coefficient (Wildman–Crippen LogP) is 3.83. The van der Waals surface area contributed by atoms with Crippen molar-refractivity contribution in [3.8, 4) is 5.75 Å². The van der Waals surface area contributed by atoms with Gasteiger partial charge in [0.25, 0.3) is 10.0 Å². The molecule has 184 valence electrons. The molecule has 0 spiro atoms. The van der Waals surface area contributed by atoms with E-state index in [2.05, 4.69) is 16.7 Å². The summed E-state index contributed by atoms with van der Waals surface area (Å²) in [6.07, 6.45) is 2.36. The number of fused-ring (bicyclic) bond motifs is 1. The molecule has 0 aromatic heterocycles. The van der Waals surface area contributed by atoms with Gasteiger partial charge in [-0.3, -0.25) is 9.52 Å². The molecule has 3 aromatic rings. The molecule has 0 fully saturated rings. The molecule has 3 aromatic carbocycles. The Balaban J connectivity index is 1.54. The predicted molar refractivity (Wildman–Crippen MR) is 134 cm³/mol. The SMILES string of the molecule is COc1cc2c(cc1NS(=O)(=O)c1ccc(N(C=O)Cc3ccc(F)cc3)cc1)CCN(C)CC2. The zero-order valence-corrected chi connectivity index (χ0v) is 20.5. The Kier molecular flexibility index (Phi) is 7.37. The van der Waals surface area contributed by atoms with E-state index in [9.17, 15) is 17.6 Å². The number of rotatable bonds is 8. The summed E-state index contributed by atoms with van der Waals surface area (Å²) in [7, 11) is -0.303. The van der Waals surface area contributed by atoms with Gasteiger partial charge in [-0.15, -0.1) is 0 Å². The van der Waals surface area contributed by atoms with Crippen LogP contribution in [0.5, 0.6) is 5.75 Å². The molecule has 1 amide bonds. The normalized spacial score (nSPS) is 14.0. The van der Waals surface area contributed by atoms with Crippen molar-refractivity contribution in [1.29, 1.82) is 0 Å². The van der Waals surface area contributed by atoms with Crippen LogP contribution in [0, 0.1) is 5.82 Å². The summed E-state index contributed by atoms with van der Waals surface area (Å²) >= 11 is 0. The lowest BCUT2D eigenvalue weighted by atomic mass is 10.0. The molecular weight excluding hydrogens is 469 g/mol. The minimum atomic E-state index is -3.89. The smallest absolute Gasteiger partial charge is 0.262 e. The van der Waals surface area contributed by atoms with E-state index >= 15 is 0 Å². The zero-order valence-electron chi connectivity index (χ0n) is 19.7. The summed E-state index contributed by atoms with van der Waals surface area (Å²) in [4.78, 5) is 15.4. The van der Waals surface area contributed by atoms with Crippen LogP contribution in [0.15, 0.2) is 65.6 Å². The molecule has 9 heteroatoms. The Bertz CT molecular complexity index is 1300. The summed E-state index contributed by atoms with van der Waals surface area (Å²) < 4.78 is 47.6. The zero-order chi connectivity index (χ0) is 25.0. The number of carbonyl (C=O) groups excluding carboxylic acids is 1. The van der Waals surface area contributed by atoms with E-state index in [1.54, 1.807) is 24.3 Å². The molecule has 1 heterocycles. The maximum Gasteiger partial charge on any atom is 0.262 e. The number of nitrogens with one attached hydrogen (secondary N) is 1. The highest BCUT2D eigenvalue weighted by Gasteiger charge is 2.20. The monoisotopic (exact) mass is 497 g/mol. The van der Waals surface area contributed by atoms with Crippen LogP contribution in [0.2, 0.25) is 0 Å². The first-order chi connectivity index (χ1) is 16.8. The fourth-order valence-electron chi connectivity index (χ4n) is 4.11. The van der Waals surface area contributed by atoms with Crippen LogP contribution in [0.3, 0.4) is 0 Å². The van der Waals surface area contributed by atoms with Crippen LogP contribution >= 0.6 is 0 Å². The first kappa shape index (κ1) is 24.7. The van der Waals surface area contributed by atoms with Gasteiger partial charge in [-0.25, -0.2) is 12.8 Å². The van der Waals surface area contributed by atoms with Crippen molar-refractivity contribution in [3.05, 3.63) is 83.2 Å². The second kappa shape index (κ2) is 10.5. The molecule has 0 unspecified atom stereocenters. The van der Waals surface area contributed by atoms with Crippen LogP contribution < -0.4 is 14.4 Å². The fourth-order valence-corrected chi connectivity index (χ4v) is 5.17. The highest BCUT2D eigenvalue weighted by Crippen LogP contribution is 2.32. The topological polar surface area (TPSA) is 79.0 Å². The number of amides is 1. The van der Waals surface area contributed by atoms with Crippen molar-refractivity contribution in [2.24, 2.45) is 0 Å². The molecule has 0 aliphatic carbocycles. The van der Waals surface area contributed by atoms with Crippen LogP contribution in [-0.2, 0) is 34.2 Å². The molecule has 1 aliphatic rings. The number of likely N-dealkylation sites (N-methyl/N-ethyl adjacent to an activating group) is 1. The largest absolute Gasteiger partial charge is 0.495 e. The number of hydrogen-bond acceptors (Lipinski definition) is 5. The van der Waals surface area contributed by atoms with Crippen LogP contribution in [-0.4, -0.2) is 47.0 Å². The molecule has 0 saturated carbocycles. The van der Waals surface area contributed by atoms with Crippen molar-refractivity contribution >= 4 is 27.8 Å². The fraction of sp³-hybridized carbons (Fsp3) is 0.269. The van der Waals surface area contributed by atoms with E-state index < -0.39 is 10.0 Å².